The lowest BCUT2D eigenvalue weighted by Gasteiger charge is -1.96. The number of hydrogen-bond acceptors (Lipinski definition) is 6. The van der Waals surface area contributed by atoms with Crippen LogP contribution in [0.15, 0.2) is 4.34 Å². The lowest BCUT2D eigenvalue weighted by molar-refractivity contribution is -0.117. The van der Waals surface area contributed by atoms with Crippen molar-refractivity contribution in [3.05, 3.63) is 0 Å². The molecule has 0 saturated carbocycles. The van der Waals surface area contributed by atoms with Gasteiger partial charge in [-0.15, -0.1) is 10.2 Å². The molecule has 4 nitrogen and oxygen atoms in total. The molecule has 0 aromatic carbocycles. The van der Waals surface area contributed by atoms with E-state index >= 15 is 0 Å². The minimum absolute atomic E-state index is 0.253. The van der Waals surface area contributed by atoms with Crippen LogP contribution in [0.3, 0.4) is 0 Å². The van der Waals surface area contributed by atoms with Crippen LogP contribution in [-0.4, -0.2) is 28.3 Å². The van der Waals surface area contributed by atoms with E-state index < -0.39 is 0 Å². The highest BCUT2D eigenvalue weighted by atomic mass is 32.2. The lowest BCUT2D eigenvalue weighted by atomic mass is 10.3. The summed E-state index contributed by atoms with van der Waals surface area (Å²) in [5.41, 5.74) is 0. The number of nitrogens with zero attached hydrogens (tertiary/aromatic N) is 2. The van der Waals surface area contributed by atoms with Crippen molar-refractivity contribution in [1.82, 2.24) is 10.2 Å². The second-order valence-electron chi connectivity index (χ2n) is 3.45. The topological polar surface area (TPSA) is 54.9 Å². The Morgan fingerprint density at radius 3 is 3.00 bits per heavy atom. The first kappa shape index (κ1) is 13.4. The monoisotopic (exact) mass is 259 g/mol. The summed E-state index contributed by atoms with van der Waals surface area (Å²) in [7, 11) is 0. The van der Waals surface area contributed by atoms with Gasteiger partial charge in [-0.3, -0.25) is 0 Å². The Morgan fingerprint density at radius 1 is 1.50 bits per heavy atom. The van der Waals surface area contributed by atoms with Gasteiger partial charge in [0.15, 0.2) is 4.34 Å². The zero-order valence-corrected chi connectivity index (χ0v) is 11.3. The quantitative estimate of drug-likeness (QED) is 0.574. The van der Waals surface area contributed by atoms with Crippen molar-refractivity contribution in [2.45, 2.75) is 37.4 Å². The first-order chi connectivity index (χ1) is 7.72. The van der Waals surface area contributed by atoms with Crippen LogP contribution in [0.5, 0.6) is 0 Å². The van der Waals surface area contributed by atoms with Gasteiger partial charge in [0.2, 0.25) is 5.13 Å². The Morgan fingerprint density at radius 2 is 2.31 bits per heavy atom. The number of Topliss-reactive ketones (excluding diaryl/α,β-unsaturated/α-hetero) is 1. The summed E-state index contributed by atoms with van der Waals surface area (Å²) in [4.78, 5) is 10.7. The molecule has 1 rings (SSSR count). The van der Waals surface area contributed by atoms with Crippen molar-refractivity contribution in [3.63, 3.8) is 0 Å². The Hall–Kier alpha value is -0.620. The first-order valence-corrected chi connectivity index (χ1v) is 7.22. The summed E-state index contributed by atoms with van der Waals surface area (Å²) in [5, 5.41) is 12.2. The van der Waals surface area contributed by atoms with E-state index in [1.165, 1.54) is 0 Å². The van der Waals surface area contributed by atoms with Crippen LogP contribution in [0.4, 0.5) is 5.13 Å². The van der Waals surface area contributed by atoms with Gasteiger partial charge in [-0.25, -0.2) is 0 Å². The van der Waals surface area contributed by atoms with Crippen LogP contribution < -0.4 is 5.32 Å². The van der Waals surface area contributed by atoms with E-state index in [0.717, 1.165) is 34.6 Å². The van der Waals surface area contributed by atoms with Crippen LogP contribution in [0.1, 0.15) is 33.1 Å². The summed E-state index contributed by atoms with van der Waals surface area (Å²) < 4.78 is 0.974. The van der Waals surface area contributed by atoms with Crippen LogP contribution in [0.25, 0.3) is 0 Å². The highest BCUT2D eigenvalue weighted by Gasteiger charge is 2.03. The number of anilines is 1. The van der Waals surface area contributed by atoms with E-state index in [2.05, 4.69) is 22.4 Å². The number of carbonyl (C=O) groups is 1. The highest BCUT2D eigenvalue weighted by molar-refractivity contribution is 8.01. The van der Waals surface area contributed by atoms with Gasteiger partial charge in [-0.2, -0.15) is 0 Å². The molecule has 0 amide bonds. The predicted molar refractivity (Wildman–Crippen MR) is 69.3 cm³/mol. The number of thioether (sulfide) groups is 1. The molecule has 90 valence electrons. The van der Waals surface area contributed by atoms with Crippen molar-refractivity contribution in [1.29, 1.82) is 0 Å². The second kappa shape index (κ2) is 7.62. The largest absolute Gasteiger partial charge is 0.360 e. The van der Waals surface area contributed by atoms with Crippen LogP contribution in [0.2, 0.25) is 0 Å². The van der Waals surface area contributed by atoms with Gasteiger partial charge in [0, 0.05) is 18.7 Å². The maximum absolute atomic E-state index is 10.7. The fourth-order valence-electron chi connectivity index (χ4n) is 1.05. The van der Waals surface area contributed by atoms with E-state index in [9.17, 15) is 4.79 Å². The average Bonchev–Trinajstić information content (AvgIpc) is 2.69. The summed E-state index contributed by atoms with van der Waals surface area (Å²) >= 11 is 3.25. The molecule has 0 fully saturated rings. The normalized spacial score (nSPS) is 10.4. The van der Waals surface area contributed by atoms with Gasteiger partial charge in [0.1, 0.15) is 5.78 Å². The molecule has 1 heterocycles. The zero-order valence-electron chi connectivity index (χ0n) is 9.65. The second-order valence-corrected chi connectivity index (χ2v) is 5.77. The summed E-state index contributed by atoms with van der Waals surface area (Å²) in [6.45, 7) is 4.68. The number of hydrogen-bond donors (Lipinski definition) is 1. The average molecular weight is 259 g/mol. The molecule has 0 bridgehead atoms. The maximum atomic E-state index is 10.7. The summed E-state index contributed by atoms with van der Waals surface area (Å²) in [6.07, 6.45) is 2.66. The van der Waals surface area contributed by atoms with Gasteiger partial charge >= 0.3 is 0 Å². The SMILES string of the molecule is CCCNc1nnc(SCCCC(C)=O)s1. The highest BCUT2D eigenvalue weighted by Crippen LogP contribution is 2.26. The molecule has 16 heavy (non-hydrogen) atoms. The zero-order chi connectivity index (χ0) is 11.8. The number of carbonyl (C=O) groups excluding carboxylic acids is 1. The molecule has 0 spiro atoms. The van der Waals surface area contributed by atoms with E-state index in [1.54, 1.807) is 30.0 Å². The van der Waals surface area contributed by atoms with Crippen molar-refractivity contribution < 1.29 is 4.79 Å². The smallest absolute Gasteiger partial charge is 0.206 e. The fourth-order valence-corrected chi connectivity index (χ4v) is 2.84. The standard InChI is InChI=1S/C10H17N3OS2/c1-3-6-11-9-12-13-10(16-9)15-7-4-5-8(2)14/h3-7H2,1-2H3,(H,11,12). The molecule has 0 atom stereocenters. The third kappa shape index (κ3) is 5.46. The Balaban J connectivity index is 2.21. The van der Waals surface area contributed by atoms with Crippen molar-refractivity contribution in [2.24, 2.45) is 0 Å². The Labute approximate surface area is 104 Å². The number of nitrogens with one attached hydrogen (secondary N) is 1. The van der Waals surface area contributed by atoms with Crippen molar-refractivity contribution >= 4 is 34.0 Å². The van der Waals surface area contributed by atoms with E-state index in [0.29, 0.717) is 6.42 Å². The molecular weight excluding hydrogens is 242 g/mol. The minimum Gasteiger partial charge on any atom is -0.360 e. The molecule has 1 N–H and O–H groups in total. The van der Waals surface area contributed by atoms with Gasteiger partial charge < -0.3 is 10.1 Å². The first-order valence-electron chi connectivity index (χ1n) is 5.42. The molecule has 1 aromatic rings. The predicted octanol–water partition coefficient (Wildman–Crippen LogP) is 2.82. The third-order valence-corrected chi connectivity index (χ3v) is 3.93. The Bertz CT molecular complexity index is 328. The molecule has 0 aliphatic carbocycles. The molecule has 0 aliphatic rings. The van der Waals surface area contributed by atoms with E-state index in [-0.39, 0.29) is 5.78 Å². The lowest BCUT2D eigenvalue weighted by Crippen LogP contribution is -1.98. The van der Waals surface area contributed by atoms with Crippen molar-refractivity contribution in [2.75, 3.05) is 17.6 Å². The van der Waals surface area contributed by atoms with E-state index in [4.69, 9.17) is 0 Å². The molecule has 0 saturated heterocycles. The van der Waals surface area contributed by atoms with Gasteiger partial charge in [0.05, 0.1) is 0 Å². The molecule has 0 unspecified atom stereocenters. The molecule has 6 heteroatoms. The Kier molecular flexibility index (Phi) is 6.40. The molecule has 0 aliphatic heterocycles. The van der Waals surface area contributed by atoms with E-state index in [1.807, 2.05) is 0 Å². The van der Waals surface area contributed by atoms with Gasteiger partial charge in [-0.05, 0) is 19.8 Å². The summed E-state index contributed by atoms with van der Waals surface area (Å²) in [6, 6.07) is 0. The number of aromatic nitrogens is 2. The van der Waals surface area contributed by atoms with Gasteiger partial charge in [0.25, 0.3) is 0 Å². The number of rotatable bonds is 8. The van der Waals surface area contributed by atoms with Crippen LogP contribution in [-0.2, 0) is 4.79 Å². The number of ketones is 1. The molecule has 1 aromatic heterocycles. The minimum atomic E-state index is 0.253. The van der Waals surface area contributed by atoms with Crippen molar-refractivity contribution in [3.8, 4) is 0 Å². The summed E-state index contributed by atoms with van der Waals surface area (Å²) in [5.74, 6) is 1.19. The van der Waals surface area contributed by atoms with Gasteiger partial charge in [-0.1, -0.05) is 30.0 Å². The third-order valence-electron chi connectivity index (χ3n) is 1.83. The van der Waals surface area contributed by atoms with Crippen LogP contribution >= 0.6 is 23.1 Å². The molecule has 0 radical (unpaired) electrons. The molecular formula is C10H17N3OS2. The maximum Gasteiger partial charge on any atom is 0.206 e. The fraction of sp³-hybridized carbons (Fsp3) is 0.700. The van der Waals surface area contributed by atoms with Crippen LogP contribution in [0, 0.1) is 0 Å².